The van der Waals surface area contributed by atoms with Crippen molar-refractivity contribution in [3.05, 3.63) is 100 Å². The number of ether oxygens (including phenoxy) is 2. The van der Waals surface area contributed by atoms with Gasteiger partial charge in [0.2, 0.25) is 23.6 Å². The molecule has 0 spiro atoms. The number of nitrogens with zero attached hydrogens (tertiary/aromatic N) is 4. The first-order chi connectivity index (χ1) is 30.6. The number of rotatable bonds is 12. The maximum absolute atomic E-state index is 13.4. The second-order valence-electron chi connectivity index (χ2n) is 16.0. The topological polar surface area (TPSA) is 205 Å². The predicted octanol–water partition coefficient (Wildman–Crippen LogP) is 5.45. The number of nitrogens with one attached hydrogen (secondary N) is 4. The molecule has 63 heavy (non-hydrogen) atoms. The zero-order chi connectivity index (χ0) is 43.6. The number of amides is 5. The van der Waals surface area contributed by atoms with Crippen LogP contribution in [0.5, 0.6) is 17.4 Å². The van der Waals surface area contributed by atoms with Crippen LogP contribution in [-0.2, 0) is 16.0 Å². The number of ketones is 1. The van der Waals surface area contributed by atoms with E-state index in [4.69, 9.17) is 9.47 Å². The maximum Gasteiger partial charge on any atom is 0.263 e. The largest absolute Gasteiger partial charge is 0.495 e. The minimum absolute atomic E-state index is 0.0250. The Bertz CT molecular complexity index is 2760. The third-order valence-electron chi connectivity index (χ3n) is 12.0. The van der Waals surface area contributed by atoms with Crippen LogP contribution in [0.3, 0.4) is 0 Å². The average molecular weight is 849 g/mol. The van der Waals surface area contributed by atoms with Crippen LogP contribution in [-0.4, -0.2) is 98.9 Å². The Balaban J connectivity index is 0.746. The summed E-state index contributed by atoms with van der Waals surface area (Å²) in [4.78, 5) is 92.2. The van der Waals surface area contributed by atoms with E-state index >= 15 is 0 Å². The molecule has 0 saturated carbocycles. The second-order valence-corrected chi connectivity index (χ2v) is 16.0. The van der Waals surface area contributed by atoms with Gasteiger partial charge in [-0.25, -0.2) is 0 Å². The third-order valence-corrected chi connectivity index (χ3v) is 12.0. The lowest BCUT2D eigenvalue weighted by Gasteiger charge is -2.32. The normalized spacial score (nSPS) is 17.6. The molecule has 16 nitrogen and oxygen atoms in total. The van der Waals surface area contributed by atoms with Gasteiger partial charge < -0.3 is 30.0 Å². The van der Waals surface area contributed by atoms with Gasteiger partial charge in [0.25, 0.3) is 17.7 Å². The monoisotopic (exact) mass is 848 g/mol. The highest BCUT2D eigenvalue weighted by atomic mass is 16.5. The Labute approximate surface area is 362 Å². The summed E-state index contributed by atoms with van der Waals surface area (Å²) in [5.41, 5.74) is 3.96. The van der Waals surface area contributed by atoms with Gasteiger partial charge in [0.1, 0.15) is 23.2 Å². The molecular weight excluding hydrogens is 805 g/mol. The number of imide groups is 2. The number of carbonyl (C=O) groups is 6. The van der Waals surface area contributed by atoms with Gasteiger partial charge in [-0.15, -0.1) is 0 Å². The van der Waals surface area contributed by atoms with Crippen molar-refractivity contribution in [2.45, 2.75) is 69.9 Å². The molecule has 4 aliphatic rings. The van der Waals surface area contributed by atoms with Crippen LogP contribution in [0.1, 0.15) is 104 Å². The number of benzene rings is 3. The SMILES string of the molecule is COc1cc(C(=O)NC2CCN(CCCCC#Cc3cccc4c3C(=O)N(C3CCC(=O)NC3=O)C4=O)CC2)ccc1Nc1nc(Oc2cccc3c2C(=O)CC3)c2cc[nH]c2n1. The maximum atomic E-state index is 13.4. The van der Waals surface area contributed by atoms with Gasteiger partial charge in [-0.2, -0.15) is 9.97 Å². The lowest BCUT2D eigenvalue weighted by Crippen LogP contribution is -2.54. The van der Waals surface area contributed by atoms with Crippen molar-refractivity contribution in [2.24, 2.45) is 0 Å². The van der Waals surface area contributed by atoms with Crippen molar-refractivity contribution >= 4 is 58.0 Å². The fourth-order valence-electron chi connectivity index (χ4n) is 8.66. The van der Waals surface area contributed by atoms with Crippen LogP contribution < -0.4 is 25.4 Å². The fraction of sp³-hybridized carbons (Fsp3) is 0.319. The van der Waals surface area contributed by atoms with Crippen LogP contribution in [0, 0.1) is 11.8 Å². The number of aromatic amines is 1. The molecule has 1 aliphatic carbocycles. The number of methoxy groups -OCH3 is 1. The zero-order valence-corrected chi connectivity index (χ0v) is 34.5. The molecule has 1 unspecified atom stereocenters. The molecule has 4 N–H and O–H groups in total. The first-order valence-corrected chi connectivity index (χ1v) is 21.1. The molecule has 5 aromatic rings. The molecule has 1 atom stereocenters. The van der Waals surface area contributed by atoms with E-state index < -0.39 is 29.7 Å². The smallest absolute Gasteiger partial charge is 0.263 e. The van der Waals surface area contributed by atoms with E-state index in [0.717, 1.165) is 55.8 Å². The minimum Gasteiger partial charge on any atom is -0.495 e. The zero-order valence-electron chi connectivity index (χ0n) is 34.5. The lowest BCUT2D eigenvalue weighted by atomic mass is 10.0. The molecule has 3 aliphatic heterocycles. The van der Waals surface area contributed by atoms with Gasteiger partial charge in [0.05, 0.1) is 34.9 Å². The molecule has 0 bridgehead atoms. The van der Waals surface area contributed by atoms with Crippen molar-refractivity contribution < 1.29 is 38.2 Å². The van der Waals surface area contributed by atoms with Crippen molar-refractivity contribution in [3.8, 4) is 29.2 Å². The number of aryl methyl sites for hydroxylation is 1. The highest BCUT2D eigenvalue weighted by Gasteiger charge is 2.45. The molecule has 2 saturated heterocycles. The first kappa shape index (κ1) is 41.0. The van der Waals surface area contributed by atoms with E-state index in [1.807, 2.05) is 18.2 Å². The van der Waals surface area contributed by atoms with Gasteiger partial charge in [-0.05, 0) is 93.1 Å². The van der Waals surface area contributed by atoms with Gasteiger partial charge in [0.15, 0.2) is 5.78 Å². The summed E-state index contributed by atoms with van der Waals surface area (Å²) < 4.78 is 11.9. The first-order valence-electron chi connectivity index (χ1n) is 21.1. The summed E-state index contributed by atoms with van der Waals surface area (Å²) in [6.45, 7) is 2.59. The lowest BCUT2D eigenvalue weighted by molar-refractivity contribution is -0.136. The highest BCUT2D eigenvalue weighted by molar-refractivity contribution is 6.24. The molecule has 5 heterocycles. The number of hydrogen-bond donors (Lipinski definition) is 4. The summed E-state index contributed by atoms with van der Waals surface area (Å²) in [6.07, 6.45) is 7.04. The van der Waals surface area contributed by atoms with E-state index in [-0.39, 0.29) is 53.5 Å². The number of anilines is 2. The molecule has 9 rings (SSSR count). The molecule has 320 valence electrons. The standard InChI is InChI=1S/C47H44N8O8/c1-62-37-26-29(13-15-33(37)50-47-52-41-32(19-22-48-41)44(53-47)63-36-12-7-10-28-14-17-35(56)40(28)36)42(58)49-30-20-24-54(25-21-30)23-5-3-2-4-8-27-9-6-11-31-39(27)46(61)55(45(31)60)34-16-18-38(57)51-43(34)59/h6-7,9-13,15,19,22,26,30,34H,2-3,5,14,16-18,20-21,23-25H2,1H3,(H,49,58)(H,51,57,59)(H2,48,50,52,53). The average Bonchev–Trinajstić information content (AvgIpc) is 3.99. The number of hydrogen-bond acceptors (Lipinski definition) is 12. The number of H-pyrrole nitrogens is 1. The van der Waals surface area contributed by atoms with Gasteiger partial charge in [0, 0.05) is 55.7 Å². The van der Waals surface area contributed by atoms with Crippen LogP contribution in [0.25, 0.3) is 11.0 Å². The summed E-state index contributed by atoms with van der Waals surface area (Å²) in [6, 6.07) is 16.5. The van der Waals surface area contributed by atoms with E-state index in [1.165, 1.54) is 7.11 Å². The van der Waals surface area contributed by atoms with Crippen LogP contribution in [0.4, 0.5) is 11.6 Å². The Morgan fingerprint density at radius 2 is 1.73 bits per heavy atom. The van der Waals surface area contributed by atoms with E-state index in [1.54, 1.807) is 48.7 Å². The third kappa shape index (κ3) is 8.35. The van der Waals surface area contributed by atoms with Gasteiger partial charge in [-0.3, -0.25) is 39.0 Å². The predicted molar refractivity (Wildman–Crippen MR) is 230 cm³/mol. The van der Waals surface area contributed by atoms with Crippen molar-refractivity contribution in [1.29, 1.82) is 0 Å². The van der Waals surface area contributed by atoms with Crippen LogP contribution >= 0.6 is 0 Å². The van der Waals surface area contributed by atoms with E-state index in [0.29, 0.717) is 64.2 Å². The van der Waals surface area contributed by atoms with Gasteiger partial charge in [-0.1, -0.05) is 30.0 Å². The minimum atomic E-state index is -1.02. The summed E-state index contributed by atoms with van der Waals surface area (Å²) in [5.74, 6) is 5.30. The van der Waals surface area contributed by atoms with Crippen LogP contribution in [0.2, 0.25) is 0 Å². The summed E-state index contributed by atoms with van der Waals surface area (Å²) >= 11 is 0. The number of likely N-dealkylation sites (tertiary alicyclic amines) is 1. The number of fused-ring (bicyclic) bond motifs is 3. The number of Topliss-reactive ketones (excluding diaryl/α,β-unsaturated/α-hetero) is 1. The van der Waals surface area contributed by atoms with E-state index in [2.05, 4.69) is 47.6 Å². The van der Waals surface area contributed by atoms with Crippen molar-refractivity contribution in [2.75, 3.05) is 32.1 Å². The quantitative estimate of drug-likeness (QED) is 0.0703. The van der Waals surface area contributed by atoms with Crippen molar-refractivity contribution in [3.63, 3.8) is 0 Å². The molecule has 2 aromatic heterocycles. The van der Waals surface area contributed by atoms with Gasteiger partial charge >= 0.3 is 0 Å². The molecule has 5 amide bonds. The summed E-state index contributed by atoms with van der Waals surface area (Å²) in [7, 11) is 1.53. The number of aromatic nitrogens is 3. The molecule has 0 radical (unpaired) electrons. The molecule has 2 fully saturated rings. The number of piperidine rings is 2. The number of unbranched alkanes of at least 4 members (excludes halogenated alkanes) is 2. The molecule has 3 aromatic carbocycles. The van der Waals surface area contributed by atoms with Crippen molar-refractivity contribution in [1.82, 2.24) is 35.4 Å². The molecule has 16 heteroatoms. The molecular formula is C47H44N8O8. The summed E-state index contributed by atoms with van der Waals surface area (Å²) in [5, 5.41) is 9.26. The Morgan fingerprint density at radius 3 is 2.56 bits per heavy atom. The number of carbonyl (C=O) groups excluding carboxylic acids is 6. The van der Waals surface area contributed by atoms with Crippen LogP contribution in [0.15, 0.2) is 66.9 Å². The highest BCUT2D eigenvalue weighted by Crippen LogP contribution is 2.37. The second kappa shape index (κ2) is 17.5. The Morgan fingerprint density at radius 1 is 0.889 bits per heavy atom. The Kier molecular flexibility index (Phi) is 11.4. The Hall–Kier alpha value is -7.38. The fourth-order valence-corrected chi connectivity index (χ4v) is 8.66. The van der Waals surface area contributed by atoms with E-state index in [9.17, 15) is 28.8 Å².